The van der Waals surface area contributed by atoms with Crippen LogP contribution in [0.15, 0.2) is 0 Å². The Balaban J connectivity index is 2.24. The molecule has 0 spiro atoms. The van der Waals surface area contributed by atoms with Crippen LogP contribution in [-0.2, 0) is 0 Å². The molecule has 6 heteroatoms. The Hall–Kier alpha value is -0.620. The zero-order valence-electron chi connectivity index (χ0n) is 8.28. The Labute approximate surface area is 94.6 Å². The average Bonchev–Trinajstić information content (AvgIpc) is 2.59. The van der Waals surface area contributed by atoms with Crippen molar-refractivity contribution in [1.29, 1.82) is 0 Å². The van der Waals surface area contributed by atoms with Crippen LogP contribution in [0.1, 0.15) is 13.8 Å². The van der Waals surface area contributed by atoms with Gasteiger partial charge >= 0.3 is 0 Å². The van der Waals surface area contributed by atoms with Crippen molar-refractivity contribution < 1.29 is 0 Å². The van der Waals surface area contributed by atoms with E-state index in [4.69, 9.17) is 24.4 Å². The van der Waals surface area contributed by atoms with E-state index < -0.39 is 0 Å². The third-order valence-corrected chi connectivity index (χ3v) is 3.41. The molecule has 14 heavy (non-hydrogen) atoms. The van der Waals surface area contributed by atoms with E-state index in [9.17, 15) is 0 Å². The quantitative estimate of drug-likeness (QED) is 0.652. The molecule has 0 saturated carbocycles. The van der Waals surface area contributed by atoms with Gasteiger partial charge in [0.25, 0.3) is 0 Å². The molecule has 2 unspecified atom stereocenters. The van der Waals surface area contributed by atoms with Gasteiger partial charge in [-0.25, -0.2) is 0 Å². The molecule has 2 heterocycles. The number of nitrogens with one attached hydrogen (secondary N) is 2. The summed E-state index contributed by atoms with van der Waals surface area (Å²) in [5.41, 5.74) is 0. The normalized spacial score (nSPS) is 30.4. The number of hydrogen-bond donors (Lipinski definition) is 2. The summed E-state index contributed by atoms with van der Waals surface area (Å²) in [6.45, 7) is 6.03. The van der Waals surface area contributed by atoms with Crippen molar-refractivity contribution in [1.82, 2.24) is 20.4 Å². The molecule has 0 bridgehead atoms. The molecule has 0 aromatic carbocycles. The van der Waals surface area contributed by atoms with Gasteiger partial charge in [-0.15, -0.1) is 0 Å². The number of likely N-dealkylation sites (N-methyl/N-ethyl adjacent to an activating group) is 2. The first-order chi connectivity index (χ1) is 6.69. The molecule has 78 valence electrons. The summed E-state index contributed by atoms with van der Waals surface area (Å²) in [6, 6.07) is 0. The number of rotatable bonds is 2. The van der Waals surface area contributed by atoms with E-state index in [1.165, 1.54) is 0 Å². The fourth-order valence-electron chi connectivity index (χ4n) is 2.03. The highest BCUT2D eigenvalue weighted by Gasteiger charge is 2.46. The molecule has 2 rings (SSSR count). The second-order valence-electron chi connectivity index (χ2n) is 3.36. The van der Waals surface area contributed by atoms with Crippen LogP contribution >= 0.6 is 24.4 Å². The SMILES string of the molecule is CCN1C(=S)N(CC)C2NC(=S)NC21. The molecule has 0 aromatic heterocycles. The largest absolute Gasteiger partial charge is 0.339 e. The van der Waals surface area contributed by atoms with E-state index in [-0.39, 0.29) is 12.3 Å². The van der Waals surface area contributed by atoms with Gasteiger partial charge in [-0.2, -0.15) is 0 Å². The van der Waals surface area contributed by atoms with Crippen LogP contribution in [0.4, 0.5) is 0 Å². The van der Waals surface area contributed by atoms with Gasteiger partial charge in [-0.05, 0) is 38.3 Å². The summed E-state index contributed by atoms with van der Waals surface area (Å²) in [7, 11) is 0. The number of hydrogen-bond acceptors (Lipinski definition) is 2. The van der Waals surface area contributed by atoms with Crippen LogP contribution in [0.5, 0.6) is 0 Å². The summed E-state index contributed by atoms with van der Waals surface area (Å²) in [4.78, 5) is 4.32. The van der Waals surface area contributed by atoms with Gasteiger partial charge in [0.2, 0.25) is 0 Å². The second kappa shape index (κ2) is 3.51. The van der Waals surface area contributed by atoms with Crippen molar-refractivity contribution >= 4 is 34.7 Å². The van der Waals surface area contributed by atoms with Gasteiger partial charge < -0.3 is 20.4 Å². The van der Waals surface area contributed by atoms with Gasteiger partial charge in [0.05, 0.1) is 0 Å². The zero-order valence-corrected chi connectivity index (χ0v) is 9.91. The molecule has 0 aliphatic carbocycles. The Morgan fingerprint density at radius 3 is 1.86 bits per heavy atom. The molecular weight excluding hydrogens is 216 g/mol. The summed E-state index contributed by atoms with van der Waals surface area (Å²) in [5, 5.41) is 8.09. The smallest absolute Gasteiger partial charge is 0.175 e. The first kappa shape index (κ1) is 9.92. The monoisotopic (exact) mass is 230 g/mol. The number of thiocarbonyl (C=S) groups is 2. The number of nitrogens with zero attached hydrogens (tertiary/aromatic N) is 2. The minimum atomic E-state index is 0.208. The molecule has 0 aromatic rings. The van der Waals surface area contributed by atoms with Crippen LogP contribution in [0.3, 0.4) is 0 Å². The van der Waals surface area contributed by atoms with E-state index in [0.29, 0.717) is 0 Å². The Kier molecular flexibility index (Phi) is 2.48. The van der Waals surface area contributed by atoms with Crippen LogP contribution in [-0.4, -0.2) is 45.4 Å². The van der Waals surface area contributed by atoms with Crippen molar-refractivity contribution in [2.45, 2.75) is 26.2 Å². The number of fused-ring (bicyclic) bond motifs is 1. The third-order valence-electron chi connectivity index (χ3n) is 2.70. The summed E-state index contributed by atoms with van der Waals surface area (Å²) in [6.07, 6.45) is 0.417. The predicted molar refractivity (Wildman–Crippen MR) is 63.8 cm³/mol. The van der Waals surface area contributed by atoms with Crippen molar-refractivity contribution in [2.24, 2.45) is 0 Å². The molecule has 2 atom stereocenters. The van der Waals surface area contributed by atoms with E-state index in [1.54, 1.807) is 0 Å². The predicted octanol–water partition coefficient (Wildman–Crippen LogP) is 0.0586. The molecule has 2 aliphatic rings. The lowest BCUT2D eigenvalue weighted by atomic mass is 10.4. The average molecular weight is 230 g/mol. The highest BCUT2D eigenvalue weighted by atomic mass is 32.1. The van der Waals surface area contributed by atoms with Crippen LogP contribution in [0, 0.1) is 0 Å². The Bertz CT molecular complexity index is 257. The first-order valence-electron chi connectivity index (χ1n) is 4.83. The van der Waals surface area contributed by atoms with E-state index in [2.05, 4.69) is 34.3 Å². The highest BCUT2D eigenvalue weighted by Crippen LogP contribution is 2.22. The van der Waals surface area contributed by atoms with Crippen LogP contribution < -0.4 is 10.6 Å². The molecule has 0 amide bonds. The Morgan fingerprint density at radius 1 is 1.07 bits per heavy atom. The summed E-state index contributed by atoms with van der Waals surface area (Å²) in [5.74, 6) is 0. The fourth-order valence-corrected chi connectivity index (χ4v) is 2.76. The topological polar surface area (TPSA) is 30.5 Å². The maximum atomic E-state index is 5.38. The maximum absolute atomic E-state index is 5.38. The lowest BCUT2D eigenvalue weighted by molar-refractivity contribution is 0.274. The van der Waals surface area contributed by atoms with Gasteiger partial charge in [-0.3, -0.25) is 0 Å². The molecular formula is C8H14N4S2. The summed E-state index contributed by atoms with van der Waals surface area (Å²) >= 11 is 10.5. The van der Waals surface area contributed by atoms with E-state index in [0.717, 1.165) is 23.3 Å². The minimum absolute atomic E-state index is 0.208. The van der Waals surface area contributed by atoms with Crippen molar-refractivity contribution in [3.8, 4) is 0 Å². The molecule has 2 N–H and O–H groups in total. The maximum Gasteiger partial charge on any atom is 0.175 e. The highest BCUT2D eigenvalue weighted by molar-refractivity contribution is 7.80. The van der Waals surface area contributed by atoms with E-state index in [1.807, 2.05) is 0 Å². The molecule has 4 nitrogen and oxygen atoms in total. The molecule has 2 aliphatic heterocycles. The fraction of sp³-hybridized carbons (Fsp3) is 0.750. The lowest BCUT2D eigenvalue weighted by Crippen LogP contribution is -2.43. The Morgan fingerprint density at radius 2 is 1.50 bits per heavy atom. The van der Waals surface area contributed by atoms with Crippen LogP contribution in [0.25, 0.3) is 0 Å². The molecule has 2 fully saturated rings. The zero-order chi connectivity index (χ0) is 10.3. The minimum Gasteiger partial charge on any atom is -0.339 e. The van der Waals surface area contributed by atoms with Gasteiger partial charge in [0.1, 0.15) is 12.3 Å². The van der Waals surface area contributed by atoms with Gasteiger partial charge in [0.15, 0.2) is 10.2 Å². The first-order valence-corrected chi connectivity index (χ1v) is 5.65. The van der Waals surface area contributed by atoms with E-state index >= 15 is 0 Å². The van der Waals surface area contributed by atoms with Crippen molar-refractivity contribution in [3.05, 3.63) is 0 Å². The van der Waals surface area contributed by atoms with Gasteiger partial charge in [-0.1, -0.05) is 0 Å². The molecule has 2 saturated heterocycles. The van der Waals surface area contributed by atoms with Crippen molar-refractivity contribution in [3.63, 3.8) is 0 Å². The van der Waals surface area contributed by atoms with Crippen LogP contribution in [0.2, 0.25) is 0 Å². The molecule has 0 radical (unpaired) electrons. The summed E-state index contributed by atoms with van der Waals surface area (Å²) < 4.78 is 0. The lowest BCUT2D eigenvalue weighted by Gasteiger charge is -2.23. The van der Waals surface area contributed by atoms with Gasteiger partial charge in [0, 0.05) is 13.1 Å². The third kappa shape index (κ3) is 1.25. The standard InChI is InChI=1S/C8H14N4S2/c1-3-11-5-6(10-7(13)9-5)12(4-2)8(11)14/h5-6H,3-4H2,1-2H3,(H2,9,10,13). The second-order valence-corrected chi connectivity index (χ2v) is 4.14. The van der Waals surface area contributed by atoms with Crippen molar-refractivity contribution in [2.75, 3.05) is 13.1 Å².